The number of rotatable bonds is 4. The highest BCUT2D eigenvalue weighted by molar-refractivity contribution is 5.29. The topological polar surface area (TPSA) is 66.5 Å². The normalized spacial score (nSPS) is 12.6. The van der Waals surface area contributed by atoms with Crippen LogP contribution in [0.2, 0.25) is 0 Å². The van der Waals surface area contributed by atoms with Crippen molar-refractivity contribution in [2.24, 2.45) is 0 Å². The van der Waals surface area contributed by atoms with E-state index in [9.17, 15) is 0 Å². The van der Waals surface area contributed by atoms with E-state index in [0.717, 1.165) is 6.54 Å². The van der Waals surface area contributed by atoms with Gasteiger partial charge in [0.05, 0.1) is 6.04 Å². The van der Waals surface area contributed by atoms with E-state index < -0.39 is 0 Å². The Morgan fingerprint density at radius 3 is 2.76 bits per heavy atom. The summed E-state index contributed by atoms with van der Waals surface area (Å²) in [5.74, 6) is 0.689. The molecule has 1 atom stereocenters. The van der Waals surface area contributed by atoms with Gasteiger partial charge in [0.1, 0.15) is 0 Å². The average Bonchev–Trinajstić information content (AvgIpc) is 2.84. The highest BCUT2D eigenvalue weighted by Crippen LogP contribution is 2.11. The average molecular weight is 231 g/mol. The molecule has 0 spiro atoms. The van der Waals surface area contributed by atoms with Gasteiger partial charge in [-0.2, -0.15) is 5.21 Å². The Morgan fingerprint density at radius 1 is 1.29 bits per heavy atom. The van der Waals surface area contributed by atoms with Crippen LogP contribution in [0.25, 0.3) is 0 Å². The number of hydrogen-bond acceptors (Lipinski definition) is 4. The van der Waals surface area contributed by atoms with E-state index in [-0.39, 0.29) is 6.04 Å². The van der Waals surface area contributed by atoms with Crippen molar-refractivity contribution in [1.29, 1.82) is 0 Å². The van der Waals surface area contributed by atoms with Crippen molar-refractivity contribution in [2.45, 2.75) is 33.4 Å². The lowest BCUT2D eigenvalue weighted by atomic mass is 10.1. The molecule has 90 valence electrons. The van der Waals surface area contributed by atoms with Crippen LogP contribution < -0.4 is 5.32 Å². The van der Waals surface area contributed by atoms with E-state index in [1.807, 2.05) is 6.92 Å². The summed E-state index contributed by atoms with van der Waals surface area (Å²) in [5, 5.41) is 17.3. The third-order valence-corrected chi connectivity index (χ3v) is 2.93. The summed E-state index contributed by atoms with van der Waals surface area (Å²) < 4.78 is 0. The minimum absolute atomic E-state index is 0.0929. The molecule has 2 N–H and O–H groups in total. The Hall–Kier alpha value is -1.75. The zero-order chi connectivity index (χ0) is 12.3. The second kappa shape index (κ2) is 5.05. The van der Waals surface area contributed by atoms with Crippen LogP contribution in [0, 0.1) is 13.8 Å². The van der Waals surface area contributed by atoms with Gasteiger partial charge in [0.15, 0.2) is 5.82 Å². The maximum absolute atomic E-state index is 3.95. The van der Waals surface area contributed by atoms with Gasteiger partial charge in [0.25, 0.3) is 0 Å². The predicted octanol–water partition coefficient (Wildman–Crippen LogP) is 1.67. The molecule has 0 aliphatic carbocycles. The first-order valence-electron chi connectivity index (χ1n) is 5.69. The van der Waals surface area contributed by atoms with Gasteiger partial charge in [-0.05, 0) is 37.5 Å². The maximum atomic E-state index is 3.95. The summed E-state index contributed by atoms with van der Waals surface area (Å²) in [5.41, 5.74) is 3.90. The predicted molar refractivity (Wildman–Crippen MR) is 65.3 cm³/mol. The molecule has 1 aromatic heterocycles. The molecule has 0 saturated carbocycles. The Morgan fingerprint density at radius 2 is 2.12 bits per heavy atom. The molecule has 17 heavy (non-hydrogen) atoms. The van der Waals surface area contributed by atoms with Crippen LogP contribution >= 0.6 is 0 Å². The van der Waals surface area contributed by atoms with Crippen LogP contribution in [0.5, 0.6) is 0 Å². The first kappa shape index (κ1) is 11.7. The fourth-order valence-corrected chi connectivity index (χ4v) is 1.63. The van der Waals surface area contributed by atoms with Crippen molar-refractivity contribution in [2.75, 3.05) is 0 Å². The van der Waals surface area contributed by atoms with E-state index in [1.54, 1.807) is 0 Å². The number of H-pyrrole nitrogens is 1. The van der Waals surface area contributed by atoms with Crippen molar-refractivity contribution in [3.05, 3.63) is 40.7 Å². The van der Waals surface area contributed by atoms with Gasteiger partial charge in [-0.25, -0.2) is 0 Å². The van der Waals surface area contributed by atoms with Crippen molar-refractivity contribution < 1.29 is 0 Å². The number of benzene rings is 1. The van der Waals surface area contributed by atoms with Gasteiger partial charge < -0.3 is 5.32 Å². The Bertz CT molecular complexity index is 478. The number of hydrogen-bond donors (Lipinski definition) is 2. The summed E-state index contributed by atoms with van der Waals surface area (Å²) in [4.78, 5) is 0. The molecular formula is C12H17N5. The van der Waals surface area contributed by atoms with Gasteiger partial charge in [0, 0.05) is 6.54 Å². The van der Waals surface area contributed by atoms with E-state index in [2.05, 4.69) is 58.0 Å². The summed E-state index contributed by atoms with van der Waals surface area (Å²) in [6, 6.07) is 6.57. The first-order chi connectivity index (χ1) is 8.16. The minimum Gasteiger partial charge on any atom is -0.303 e. The lowest BCUT2D eigenvalue weighted by Crippen LogP contribution is -2.19. The Balaban J connectivity index is 1.96. The van der Waals surface area contributed by atoms with Gasteiger partial charge >= 0.3 is 0 Å². The highest BCUT2D eigenvalue weighted by atomic mass is 15.5. The van der Waals surface area contributed by atoms with Crippen LogP contribution in [0.3, 0.4) is 0 Å². The molecule has 2 aromatic rings. The van der Waals surface area contributed by atoms with E-state index in [1.165, 1.54) is 16.7 Å². The van der Waals surface area contributed by atoms with Gasteiger partial charge in [-0.3, -0.25) is 0 Å². The molecule has 0 amide bonds. The Labute approximate surface area is 101 Å². The number of aryl methyl sites for hydroxylation is 2. The molecule has 0 bridgehead atoms. The summed E-state index contributed by atoms with van der Waals surface area (Å²) >= 11 is 0. The van der Waals surface area contributed by atoms with Gasteiger partial charge in [-0.15, -0.1) is 10.2 Å². The molecule has 0 aliphatic heterocycles. The zero-order valence-corrected chi connectivity index (χ0v) is 10.4. The largest absolute Gasteiger partial charge is 0.303 e. The highest BCUT2D eigenvalue weighted by Gasteiger charge is 2.09. The van der Waals surface area contributed by atoms with Crippen LogP contribution in [-0.4, -0.2) is 20.6 Å². The second-order valence-corrected chi connectivity index (χ2v) is 4.29. The molecule has 5 nitrogen and oxygen atoms in total. The summed E-state index contributed by atoms with van der Waals surface area (Å²) in [6.07, 6.45) is 0. The molecule has 0 radical (unpaired) electrons. The maximum Gasteiger partial charge on any atom is 0.191 e. The third-order valence-electron chi connectivity index (χ3n) is 2.93. The van der Waals surface area contributed by atoms with Crippen molar-refractivity contribution in [3.8, 4) is 0 Å². The van der Waals surface area contributed by atoms with Crippen LogP contribution in [0.4, 0.5) is 0 Å². The lowest BCUT2D eigenvalue weighted by Gasteiger charge is -2.10. The van der Waals surface area contributed by atoms with Gasteiger partial charge in [-0.1, -0.05) is 23.4 Å². The zero-order valence-electron chi connectivity index (χ0n) is 10.4. The quantitative estimate of drug-likeness (QED) is 0.840. The molecule has 1 aromatic carbocycles. The molecule has 0 fully saturated rings. The monoisotopic (exact) mass is 231 g/mol. The van der Waals surface area contributed by atoms with E-state index in [0.29, 0.717) is 5.82 Å². The molecule has 5 heteroatoms. The lowest BCUT2D eigenvalue weighted by molar-refractivity contribution is 0.546. The smallest absolute Gasteiger partial charge is 0.191 e. The standard InChI is InChI=1S/C12H17N5/c1-8-4-5-11(6-9(8)2)7-13-10(3)12-14-16-17-15-12/h4-6,10,13H,7H2,1-3H3,(H,14,15,16,17). The number of tetrazole rings is 1. The van der Waals surface area contributed by atoms with E-state index >= 15 is 0 Å². The van der Waals surface area contributed by atoms with Crippen molar-refractivity contribution >= 4 is 0 Å². The van der Waals surface area contributed by atoms with Crippen LogP contribution in [0.1, 0.15) is 35.5 Å². The summed E-state index contributed by atoms with van der Waals surface area (Å²) in [6.45, 7) is 7.07. The summed E-state index contributed by atoms with van der Waals surface area (Å²) in [7, 11) is 0. The number of aromatic amines is 1. The fourth-order valence-electron chi connectivity index (χ4n) is 1.63. The Kier molecular flexibility index (Phi) is 3.49. The van der Waals surface area contributed by atoms with Crippen molar-refractivity contribution in [1.82, 2.24) is 25.9 Å². The first-order valence-corrected chi connectivity index (χ1v) is 5.69. The molecule has 1 unspecified atom stereocenters. The number of nitrogens with one attached hydrogen (secondary N) is 2. The molecule has 2 rings (SSSR count). The molecule has 0 saturated heterocycles. The molecule has 1 heterocycles. The number of aromatic nitrogens is 4. The van der Waals surface area contributed by atoms with Gasteiger partial charge in [0.2, 0.25) is 0 Å². The van der Waals surface area contributed by atoms with Crippen LogP contribution in [0.15, 0.2) is 18.2 Å². The molecule has 0 aliphatic rings. The SMILES string of the molecule is Cc1ccc(CNC(C)c2nn[nH]n2)cc1C. The van der Waals surface area contributed by atoms with Crippen molar-refractivity contribution in [3.63, 3.8) is 0 Å². The third kappa shape index (κ3) is 2.88. The van der Waals surface area contributed by atoms with Crippen LogP contribution in [-0.2, 0) is 6.54 Å². The second-order valence-electron chi connectivity index (χ2n) is 4.29. The van der Waals surface area contributed by atoms with E-state index in [4.69, 9.17) is 0 Å². The minimum atomic E-state index is 0.0929. The number of nitrogens with zero attached hydrogens (tertiary/aromatic N) is 3. The fraction of sp³-hybridized carbons (Fsp3) is 0.417. The molecular weight excluding hydrogens is 214 g/mol.